The fourth-order valence-electron chi connectivity index (χ4n) is 4.57. The molecule has 1 aromatic rings. The highest BCUT2D eigenvalue weighted by Crippen LogP contribution is 2.33. The van der Waals surface area contributed by atoms with Gasteiger partial charge in [0.15, 0.2) is 0 Å². The lowest BCUT2D eigenvalue weighted by atomic mass is 9.90. The van der Waals surface area contributed by atoms with Crippen LogP contribution in [0.15, 0.2) is 24.3 Å². The van der Waals surface area contributed by atoms with Crippen LogP contribution < -0.4 is 5.32 Å². The fourth-order valence-corrected chi connectivity index (χ4v) is 4.57. The fraction of sp³-hybridized carbons (Fsp3) is 0.619. The molecule has 6 heteroatoms. The van der Waals surface area contributed by atoms with Crippen molar-refractivity contribution in [3.05, 3.63) is 35.4 Å². The van der Waals surface area contributed by atoms with Gasteiger partial charge in [-0.15, -0.1) is 0 Å². The molecule has 2 amide bonds. The molecule has 3 aliphatic rings. The molecule has 0 unspecified atom stereocenters. The molecule has 0 aliphatic carbocycles. The van der Waals surface area contributed by atoms with E-state index in [0.29, 0.717) is 38.4 Å². The first-order valence-electron chi connectivity index (χ1n) is 10.1. The number of hydrogen-bond donors (Lipinski definition) is 1. The molecular formula is C21H29N3O3. The van der Waals surface area contributed by atoms with E-state index in [1.54, 1.807) is 11.9 Å². The van der Waals surface area contributed by atoms with E-state index >= 15 is 0 Å². The van der Waals surface area contributed by atoms with Gasteiger partial charge in [0.05, 0.1) is 6.54 Å². The minimum atomic E-state index is -0.402. The average molecular weight is 371 g/mol. The van der Waals surface area contributed by atoms with E-state index in [9.17, 15) is 9.59 Å². The maximum absolute atomic E-state index is 12.8. The molecule has 146 valence electrons. The Bertz CT molecular complexity index is 689. The van der Waals surface area contributed by atoms with Gasteiger partial charge < -0.3 is 19.9 Å². The lowest BCUT2D eigenvalue weighted by Gasteiger charge is -2.37. The topological polar surface area (TPSA) is 61.9 Å². The summed E-state index contributed by atoms with van der Waals surface area (Å²) in [5, 5.41) is 3.46. The van der Waals surface area contributed by atoms with E-state index in [1.807, 2.05) is 17.0 Å². The number of carbonyl (C=O) groups is 2. The van der Waals surface area contributed by atoms with Crippen LogP contribution in [-0.2, 0) is 11.2 Å². The van der Waals surface area contributed by atoms with Crippen LogP contribution in [0.3, 0.4) is 0 Å². The number of rotatable bonds is 3. The van der Waals surface area contributed by atoms with Crippen molar-refractivity contribution in [3.8, 4) is 0 Å². The van der Waals surface area contributed by atoms with Gasteiger partial charge in [0.2, 0.25) is 0 Å². The first kappa shape index (κ1) is 18.3. The van der Waals surface area contributed by atoms with Crippen LogP contribution in [0.4, 0.5) is 4.79 Å². The van der Waals surface area contributed by atoms with E-state index in [2.05, 4.69) is 17.4 Å². The first-order chi connectivity index (χ1) is 13.0. The van der Waals surface area contributed by atoms with Gasteiger partial charge in [0.25, 0.3) is 5.91 Å². The van der Waals surface area contributed by atoms with E-state index in [1.165, 1.54) is 18.4 Å². The third kappa shape index (κ3) is 3.95. The van der Waals surface area contributed by atoms with Crippen molar-refractivity contribution in [2.75, 3.05) is 39.8 Å². The summed E-state index contributed by atoms with van der Waals surface area (Å²) in [5.41, 5.74) is 1.65. The number of carbonyl (C=O) groups excluding carboxylic acids is 2. The summed E-state index contributed by atoms with van der Waals surface area (Å²) < 4.78 is 5.57. The molecule has 1 N–H and O–H groups in total. The van der Waals surface area contributed by atoms with Gasteiger partial charge in [0, 0.05) is 38.5 Å². The molecular weight excluding hydrogens is 342 g/mol. The van der Waals surface area contributed by atoms with E-state index in [-0.39, 0.29) is 12.0 Å². The largest absolute Gasteiger partial charge is 0.441 e. The molecule has 3 saturated heterocycles. The number of amides is 2. The number of likely N-dealkylation sites (tertiary alicyclic amines) is 1. The van der Waals surface area contributed by atoms with E-state index in [4.69, 9.17) is 4.74 Å². The molecule has 0 saturated carbocycles. The second kappa shape index (κ2) is 7.50. The Kier molecular flexibility index (Phi) is 5.08. The number of piperidine rings is 2. The second-order valence-electron chi connectivity index (χ2n) is 8.31. The molecule has 3 heterocycles. The van der Waals surface area contributed by atoms with Crippen LogP contribution >= 0.6 is 0 Å². The third-order valence-electron chi connectivity index (χ3n) is 6.23. The monoisotopic (exact) mass is 371 g/mol. The van der Waals surface area contributed by atoms with Gasteiger partial charge in [-0.3, -0.25) is 4.79 Å². The average Bonchev–Trinajstić information content (AvgIpc) is 2.96. The quantitative estimate of drug-likeness (QED) is 0.886. The van der Waals surface area contributed by atoms with Crippen LogP contribution in [0.1, 0.15) is 41.6 Å². The van der Waals surface area contributed by atoms with Crippen molar-refractivity contribution >= 4 is 12.0 Å². The number of nitrogens with one attached hydrogen (secondary N) is 1. The Morgan fingerprint density at radius 2 is 2.00 bits per heavy atom. The van der Waals surface area contributed by atoms with Crippen molar-refractivity contribution in [1.82, 2.24) is 15.1 Å². The van der Waals surface area contributed by atoms with Crippen molar-refractivity contribution in [3.63, 3.8) is 0 Å². The Labute approximate surface area is 160 Å². The Morgan fingerprint density at radius 1 is 1.26 bits per heavy atom. The first-order valence-corrected chi connectivity index (χ1v) is 10.1. The van der Waals surface area contributed by atoms with Gasteiger partial charge in [0.1, 0.15) is 5.60 Å². The van der Waals surface area contributed by atoms with Crippen molar-refractivity contribution < 1.29 is 14.3 Å². The Morgan fingerprint density at radius 3 is 2.59 bits per heavy atom. The van der Waals surface area contributed by atoms with Crippen LogP contribution in [0.2, 0.25) is 0 Å². The SMILES string of the molecule is CN1CC2(CCN(C(=O)c3ccc(C[C@@H]4CCCNC4)cc3)CC2)OC1=O. The summed E-state index contributed by atoms with van der Waals surface area (Å²) in [4.78, 5) is 28.0. The molecule has 6 nitrogen and oxygen atoms in total. The molecule has 0 radical (unpaired) electrons. The molecule has 1 aromatic carbocycles. The maximum Gasteiger partial charge on any atom is 0.410 e. The third-order valence-corrected chi connectivity index (χ3v) is 6.23. The van der Waals surface area contributed by atoms with Gasteiger partial charge >= 0.3 is 6.09 Å². The number of hydrogen-bond acceptors (Lipinski definition) is 4. The van der Waals surface area contributed by atoms with Gasteiger partial charge in [-0.1, -0.05) is 12.1 Å². The lowest BCUT2D eigenvalue weighted by molar-refractivity contribution is 0.00317. The number of benzene rings is 1. The predicted molar refractivity (Wildman–Crippen MR) is 103 cm³/mol. The number of ether oxygens (including phenoxy) is 1. The number of nitrogens with zero attached hydrogens (tertiary/aromatic N) is 2. The molecule has 0 aromatic heterocycles. The van der Waals surface area contributed by atoms with Crippen LogP contribution in [0.25, 0.3) is 0 Å². The summed E-state index contributed by atoms with van der Waals surface area (Å²) in [5.74, 6) is 0.777. The normalized spacial score (nSPS) is 24.9. The van der Waals surface area contributed by atoms with Crippen LogP contribution in [0, 0.1) is 5.92 Å². The Balaban J connectivity index is 1.32. The minimum Gasteiger partial charge on any atom is -0.441 e. The minimum absolute atomic E-state index is 0.0772. The standard InChI is InChI=1S/C21H29N3O3/c1-23-15-21(27-20(23)26)8-11-24(12-9-21)19(25)18-6-4-16(5-7-18)13-17-3-2-10-22-14-17/h4-7,17,22H,2-3,8-15H2,1H3/t17-/m0/s1. The highest BCUT2D eigenvalue weighted by Gasteiger charge is 2.46. The van der Waals surface area contributed by atoms with Crippen molar-refractivity contribution in [2.45, 2.75) is 37.7 Å². The van der Waals surface area contributed by atoms with Crippen LogP contribution in [-0.4, -0.2) is 67.2 Å². The predicted octanol–water partition coefficient (Wildman–Crippen LogP) is 2.29. The zero-order valence-electron chi connectivity index (χ0n) is 16.1. The molecule has 3 aliphatic heterocycles. The van der Waals surface area contributed by atoms with Gasteiger partial charge in [-0.05, 0) is 56.0 Å². The molecule has 3 fully saturated rings. The second-order valence-corrected chi connectivity index (χ2v) is 8.31. The number of likely N-dealkylation sites (N-methyl/N-ethyl adjacent to an activating group) is 1. The van der Waals surface area contributed by atoms with Gasteiger partial charge in [-0.25, -0.2) is 4.79 Å². The van der Waals surface area contributed by atoms with Crippen molar-refractivity contribution in [2.24, 2.45) is 5.92 Å². The molecule has 0 bridgehead atoms. The summed E-state index contributed by atoms with van der Waals surface area (Å²) in [6.07, 6.45) is 4.78. The Hall–Kier alpha value is -2.08. The molecule has 1 spiro atoms. The lowest BCUT2D eigenvalue weighted by Crippen LogP contribution is -2.48. The molecule has 27 heavy (non-hydrogen) atoms. The summed E-state index contributed by atoms with van der Waals surface area (Å²) in [6, 6.07) is 8.12. The zero-order valence-corrected chi connectivity index (χ0v) is 16.1. The van der Waals surface area contributed by atoms with Gasteiger partial charge in [-0.2, -0.15) is 0 Å². The van der Waals surface area contributed by atoms with Crippen molar-refractivity contribution in [1.29, 1.82) is 0 Å². The summed E-state index contributed by atoms with van der Waals surface area (Å²) in [7, 11) is 1.76. The van der Waals surface area contributed by atoms with E-state index < -0.39 is 5.60 Å². The maximum atomic E-state index is 12.8. The van der Waals surface area contributed by atoms with Crippen LogP contribution in [0.5, 0.6) is 0 Å². The highest BCUT2D eigenvalue weighted by molar-refractivity contribution is 5.94. The zero-order chi connectivity index (χ0) is 18.9. The molecule has 1 atom stereocenters. The summed E-state index contributed by atoms with van der Waals surface area (Å²) >= 11 is 0. The summed E-state index contributed by atoms with van der Waals surface area (Å²) in [6.45, 7) is 4.12. The van der Waals surface area contributed by atoms with E-state index in [0.717, 1.165) is 25.1 Å². The molecule has 4 rings (SSSR count). The highest BCUT2D eigenvalue weighted by atomic mass is 16.6. The smallest absolute Gasteiger partial charge is 0.410 e.